The molecular formula is C14H15FN2O3. The molecule has 2 rings (SSSR count). The summed E-state index contributed by atoms with van der Waals surface area (Å²) < 4.78 is 23.2. The van der Waals surface area contributed by atoms with E-state index < -0.39 is 6.03 Å². The summed E-state index contributed by atoms with van der Waals surface area (Å²) in [6, 6.07) is 8.63. The van der Waals surface area contributed by atoms with Crippen LogP contribution in [0.5, 0.6) is 0 Å². The van der Waals surface area contributed by atoms with Crippen molar-refractivity contribution in [3.63, 3.8) is 0 Å². The standard InChI is InChI=1S/C14H15FN2O3/c1-19-13(12-3-2-8-20-12)9-16-14(18)17-11-6-4-10(15)5-7-11/h2-8,13H,9H2,1H3,(H2,16,17,18)/t13-/m0/s1. The zero-order valence-corrected chi connectivity index (χ0v) is 10.9. The lowest BCUT2D eigenvalue weighted by Gasteiger charge is -2.14. The molecule has 1 aromatic carbocycles. The first-order chi connectivity index (χ1) is 9.69. The van der Waals surface area contributed by atoms with Crippen molar-refractivity contribution in [1.29, 1.82) is 0 Å². The number of benzene rings is 1. The molecule has 106 valence electrons. The maximum absolute atomic E-state index is 12.7. The number of ether oxygens (including phenoxy) is 1. The number of carbonyl (C=O) groups is 1. The summed E-state index contributed by atoms with van der Waals surface area (Å²) in [7, 11) is 1.53. The third-order valence-electron chi connectivity index (χ3n) is 2.70. The molecule has 6 heteroatoms. The average Bonchev–Trinajstić information content (AvgIpc) is 2.96. The zero-order chi connectivity index (χ0) is 14.4. The Balaban J connectivity index is 1.84. The molecule has 20 heavy (non-hydrogen) atoms. The fourth-order valence-electron chi connectivity index (χ4n) is 1.67. The van der Waals surface area contributed by atoms with E-state index in [9.17, 15) is 9.18 Å². The number of nitrogens with one attached hydrogen (secondary N) is 2. The molecule has 2 aromatic rings. The van der Waals surface area contributed by atoms with Gasteiger partial charge < -0.3 is 19.8 Å². The SMILES string of the molecule is CO[C@@H](CNC(=O)Nc1ccc(F)cc1)c1ccco1. The van der Waals surface area contributed by atoms with Gasteiger partial charge in [0.2, 0.25) is 0 Å². The molecule has 1 aromatic heterocycles. The van der Waals surface area contributed by atoms with Gasteiger partial charge in [0.05, 0.1) is 12.8 Å². The van der Waals surface area contributed by atoms with Crippen LogP contribution in [0, 0.1) is 5.82 Å². The van der Waals surface area contributed by atoms with Gasteiger partial charge in [-0.25, -0.2) is 9.18 Å². The smallest absolute Gasteiger partial charge is 0.319 e. The summed E-state index contributed by atoms with van der Waals surface area (Å²) in [5.41, 5.74) is 0.510. The second-order valence-corrected chi connectivity index (χ2v) is 4.08. The zero-order valence-electron chi connectivity index (χ0n) is 10.9. The highest BCUT2D eigenvalue weighted by atomic mass is 19.1. The van der Waals surface area contributed by atoms with Gasteiger partial charge in [0, 0.05) is 12.8 Å². The van der Waals surface area contributed by atoms with Crippen LogP contribution in [0.4, 0.5) is 14.9 Å². The number of hydrogen-bond donors (Lipinski definition) is 2. The topological polar surface area (TPSA) is 63.5 Å². The Morgan fingerprint density at radius 1 is 1.35 bits per heavy atom. The third-order valence-corrected chi connectivity index (χ3v) is 2.70. The molecule has 0 saturated carbocycles. The van der Waals surface area contributed by atoms with Gasteiger partial charge in [0.15, 0.2) is 0 Å². The molecule has 0 saturated heterocycles. The van der Waals surface area contributed by atoms with Crippen molar-refractivity contribution in [2.75, 3.05) is 19.0 Å². The Morgan fingerprint density at radius 3 is 2.70 bits per heavy atom. The van der Waals surface area contributed by atoms with E-state index in [1.165, 1.54) is 31.4 Å². The summed E-state index contributed by atoms with van der Waals surface area (Å²) in [6.45, 7) is 0.261. The highest BCUT2D eigenvalue weighted by molar-refractivity contribution is 5.89. The molecule has 5 nitrogen and oxygen atoms in total. The molecule has 2 N–H and O–H groups in total. The maximum atomic E-state index is 12.7. The summed E-state index contributed by atoms with van der Waals surface area (Å²) >= 11 is 0. The van der Waals surface area contributed by atoms with Crippen LogP contribution in [0.25, 0.3) is 0 Å². The monoisotopic (exact) mass is 278 g/mol. The lowest BCUT2D eigenvalue weighted by atomic mass is 10.2. The van der Waals surface area contributed by atoms with E-state index in [4.69, 9.17) is 9.15 Å². The van der Waals surface area contributed by atoms with Gasteiger partial charge in [-0.1, -0.05) is 0 Å². The second kappa shape index (κ2) is 6.72. The Morgan fingerprint density at radius 2 is 2.10 bits per heavy atom. The number of amides is 2. The molecule has 0 aliphatic rings. The molecule has 0 bridgehead atoms. The number of halogens is 1. The second-order valence-electron chi connectivity index (χ2n) is 4.08. The summed E-state index contributed by atoms with van der Waals surface area (Å²) in [6.07, 6.45) is 1.18. The largest absolute Gasteiger partial charge is 0.467 e. The van der Waals surface area contributed by atoms with Gasteiger partial charge in [-0.3, -0.25) is 0 Å². The van der Waals surface area contributed by atoms with Crippen LogP contribution < -0.4 is 10.6 Å². The molecule has 2 amide bonds. The van der Waals surface area contributed by atoms with Gasteiger partial charge in [-0.2, -0.15) is 0 Å². The number of hydrogen-bond acceptors (Lipinski definition) is 3. The predicted molar refractivity (Wildman–Crippen MR) is 71.9 cm³/mol. The van der Waals surface area contributed by atoms with Crippen molar-refractivity contribution in [3.8, 4) is 0 Å². The van der Waals surface area contributed by atoms with Crippen molar-refractivity contribution >= 4 is 11.7 Å². The van der Waals surface area contributed by atoms with E-state index in [0.29, 0.717) is 11.4 Å². The predicted octanol–water partition coefficient (Wildman–Crippen LogP) is 2.93. The van der Waals surface area contributed by atoms with Crippen LogP contribution in [0.2, 0.25) is 0 Å². The number of rotatable bonds is 5. The maximum Gasteiger partial charge on any atom is 0.319 e. The Labute approximate surface area is 115 Å². The van der Waals surface area contributed by atoms with Crippen LogP contribution in [-0.4, -0.2) is 19.7 Å². The lowest BCUT2D eigenvalue weighted by molar-refractivity contribution is 0.0855. The van der Waals surface area contributed by atoms with E-state index >= 15 is 0 Å². The first-order valence-corrected chi connectivity index (χ1v) is 6.05. The van der Waals surface area contributed by atoms with Crippen molar-refractivity contribution < 1.29 is 18.3 Å². The number of carbonyl (C=O) groups excluding carboxylic acids is 1. The van der Waals surface area contributed by atoms with Crippen LogP contribution in [0.1, 0.15) is 11.9 Å². The van der Waals surface area contributed by atoms with E-state index in [2.05, 4.69) is 10.6 Å². The van der Waals surface area contributed by atoms with Crippen LogP contribution >= 0.6 is 0 Å². The first-order valence-electron chi connectivity index (χ1n) is 6.05. The summed E-state index contributed by atoms with van der Waals surface area (Å²) in [4.78, 5) is 11.7. The minimum atomic E-state index is -0.398. The molecule has 0 unspecified atom stereocenters. The molecule has 0 aliphatic carbocycles. The van der Waals surface area contributed by atoms with Crippen molar-refractivity contribution in [2.45, 2.75) is 6.10 Å². The third kappa shape index (κ3) is 3.83. The fourth-order valence-corrected chi connectivity index (χ4v) is 1.67. The Bertz CT molecular complexity index is 540. The van der Waals surface area contributed by atoms with Gasteiger partial charge in [0.1, 0.15) is 17.7 Å². The number of urea groups is 1. The van der Waals surface area contributed by atoms with E-state index in [-0.39, 0.29) is 18.5 Å². The van der Waals surface area contributed by atoms with Gasteiger partial charge in [0.25, 0.3) is 0 Å². The first kappa shape index (κ1) is 14.1. The minimum absolute atomic E-state index is 0.261. The lowest BCUT2D eigenvalue weighted by Crippen LogP contribution is -2.32. The highest BCUT2D eigenvalue weighted by Crippen LogP contribution is 2.15. The highest BCUT2D eigenvalue weighted by Gasteiger charge is 2.14. The molecule has 0 fully saturated rings. The molecule has 1 atom stereocenters. The molecule has 0 spiro atoms. The van der Waals surface area contributed by atoms with Gasteiger partial charge in [-0.15, -0.1) is 0 Å². The average molecular weight is 278 g/mol. The van der Waals surface area contributed by atoms with Crippen LogP contribution in [0.3, 0.4) is 0 Å². The minimum Gasteiger partial charge on any atom is -0.467 e. The number of furan rings is 1. The van der Waals surface area contributed by atoms with Crippen LogP contribution in [-0.2, 0) is 4.74 Å². The van der Waals surface area contributed by atoms with Crippen molar-refractivity contribution in [1.82, 2.24) is 5.32 Å². The van der Waals surface area contributed by atoms with E-state index in [1.807, 2.05) is 0 Å². The molecular weight excluding hydrogens is 263 g/mol. The molecule has 1 heterocycles. The Kier molecular flexibility index (Phi) is 4.73. The number of anilines is 1. The Hall–Kier alpha value is -2.34. The van der Waals surface area contributed by atoms with E-state index in [1.54, 1.807) is 18.4 Å². The molecule has 0 aliphatic heterocycles. The quantitative estimate of drug-likeness (QED) is 0.883. The fraction of sp³-hybridized carbons (Fsp3) is 0.214. The summed E-state index contributed by atoms with van der Waals surface area (Å²) in [5, 5.41) is 5.25. The van der Waals surface area contributed by atoms with Gasteiger partial charge in [-0.05, 0) is 36.4 Å². The molecule has 0 radical (unpaired) electrons. The van der Waals surface area contributed by atoms with Crippen molar-refractivity contribution in [2.24, 2.45) is 0 Å². The van der Waals surface area contributed by atoms with Gasteiger partial charge >= 0.3 is 6.03 Å². The summed E-state index contributed by atoms with van der Waals surface area (Å²) in [5.74, 6) is 0.280. The van der Waals surface area contributed by atoms with Crippen molar-refractivity contribution in [3.05, 3.63) is 54.2 Å². The normalized spacial score (nSPS) is 11.9. The van der Waals surface area contributed by atoms with Crippen LogP contribution in [0.15, 0.2) is 47.1 Å². The van der Waals surface area contributed by atoms with E-state index in [0.717, 1.165) is 0 Å². The number of methoxy groups -OCH3 is 1.